The predicted octanol–water partition coefficient (Wildman–Crippen LogP) is 1.47. The molecule has 87 valence electrons. The van der Waals surface area contributed by atoms with Crippen molar-refractivity contribution in [2.45, 2.75) is 51.3 Å². The summed E-state index contributed by atoms with van der Waals surface area (Å²) in [6.07, 6.45) is 1.66. The highest BCUT2D eigenvalue weighted by atomic mass is 16.6. The first-order chi connectivity index (χ1) is 6.88. The van der Waals surface area contributed by atoms with Gasteiger partial charge in [0, 0.05) is 12.1 Å². The van der Waals surface area contributed by atoms with Crippen molar-refractivity contribution < 1.29 is 9.53 Å². The smallest absolute Gasteiger partial charge is 0.407 e. The first-order valence-electron chi connectivity index (χ1n) is 5.44. The second-order valence-electron chi connectivity index (χ2n) is 4.96. The lowest BCUT2D eigenvalue weighted by molar-refractivity contribution is 0.0488. The number of amides is 1. The Hall–Kier alpha value is -0.770. The zero-order chi connectivity index (χ0) is 11.5. The summed E-state index contributed by atoms with van der Waals surface area (Å²) in [5.41, 5.74) is -0.442. The summed E-state index contributed by atoms with van der Waals surface area (Å²) < 4.78 is 5.18. The molecule has 15 heavy (non-hydrogen) atoms. The van der Waals surface area contributed by atoms with Gasteiger partial charge < -0.3 is 15.4 Å². The Kier molecular flexibility index (Phi) is 3.97. The van der Waals surface area contributed by atoms with Crippen molar-refractivity contribution in [3.63, 3.8) is 0 Å². The number of alkyl carbamates (subject to hydrolysis) is 1. The van der Waals surface area contributed by atoms with Crippen LogP contribution in [0.2, 0.25) is 0 Å². The summed E-state index contributed by atoms with van der Waals surface area (Å²) >= 11 is 0. The monoisotopic (exact) mass is 213 g/mol. The number of carbonyl (C=O) groups excluding carboxylic acids is 1. The Labute approximate surface area is 91.8 Å². The van der Waals surface area contributed by atoms with Gasteiger partial charge in [-0.1, -0.05) is 0 Å². The minimum Gasteiger partial charge on any atom is -0.444 e. The lowest BCUT2D eigenvalue weighted by Crippen LogP contribution is -2.52. The van der Waals surface area contributed by atoms with Crippen LogP contribution in [-0.4, -0.2) is 30.3 Å². The SMILES string of the molecule is [CH2]C1NCCCC1NC(=O)OC(C)(C)C. The van der Waals surface area contributed by atoms with E-state index >= 15 is 0 Å². The molecule has 1 heterocycles. The third kappa shape index (κ3) is 4.51. The van der Waals surface area contributed by atoms with Gasteiger partial charge in [-0.2, -0.15) is 0 Å². The third-order valence-corrected chi connectivity index (χ3v) is 2.29. The average Bonchev–Trinajstić information content (AvgIpc) is 2.05. The first kappa shape index (κ1) is 12.3. The molecule has 0 aliphatic carbocycles. The van der Waals surface area contributed by atoms with Crippen LogP contribution in [0.15, 0.2) is 0 Å². The van der Waals surface area contributed by atoms with E-state index in [4.69, 9.17) is 4.74 Å². The molecule has 4 heteroatoms. The van der Waals surface area contributed by atoms with Crippen LogP contribution in [-0.2, 0) is 4.74 Å². The van der Waals surface area contributed by atoms with Gasteiger partial charge in [-0.15, -0.1) is 0 Å². The molecule has 1 aliphatic rings. The average molecular weight is 213 g/mol. The molecule has 2 unspecified atom stereocenters. The molecule has 0 aromatic heterocycles. The van der Waals surface area contributed by atoms with Crippen molar-refractivity contribution in [2.75, 3.05) is 6.54 Å². The highest BCUT2D eigenvalue weighted by Crippen LogP contribution is 2.10. The fourth-order valence-electron chi connectivity index (χ4n) is 1.58. The van der Waals surface area contributed by atoms with Crippen LogP contribution in [0.25, 0.3) is 0 Å². The maximum atomic E-state index is 11.5. The van der Waals surface area contributed by atoms with E-state index in [9.17, 15) is 4.79 Å². The van der Waals surface area contributed by atoms with E-state index in [1.807, 2.05) is 20.8 Å². The Morgan fingerprint density at radius 1 is 1.53 bits per heavy atom. The molecule has 4 nitrogen and oxygen atoms in total. The number of nitrogens with one attached hydrogen (secondary N) is 2. The van der Waals surface area contributed by atoms with E-state index in [2.05, 4.69) is 17.6 Å². The summed E-state index contributed by atoms with van der Waals surface area (Å²) in [4.78, 5) is 11.5. The Bertz CT molecular complexity index is 223. The van der Waals surface area contributed by atoms with Gasteiger partial charge in [-0.25, -0.2) is 4.79 Å². The Morgan fingerprint density at radius 2 is 2.20 bits per heavy atom. The number of carbonyl (C=O) groups is 1. The van der Waals surface area contributed by atoms with Crippen LogP contribution in [0, 0.1) is 6.92 Å². The summed E-state index contributed by atoms with van der Waals surface area (Å²) in [6, 6.07) is 0.153. The summed E-state index contributed by atoms with van der Waals surface area (Å²) in [6.45, 7) is 10.5. The zero-order valence-corrected chi connectivity index (χ0v) is 9.80. The molecule has 1 amide bonds. The van der Waals surface area contributed by atoms with Crippen molar-refractivity contribution >= 4 is 6.09 Å². The summed E-state index contributed by atoms with van der Waals surface area (Å²) in [7, 11) is 0. The van der Waals surface area contributed by atoms with Crippen LogP contribution in [0.1, 0.15) is 33.6 Å². The molecule has 0 aromatic rings. The molecule has 1 radical (unpaired) electrons. The molecule has 2 N–H and O–H groups in total. The van der Waals surface area contributed by atoms with Gasteiger partial charge in [-0.05, 0) is 47.1 Å². The normalized spacial score (nSPS) is 27.2. The molecule has 1 saturated heterocycles. The molecule has 0 spiro atoms. The van der Waals surface area contributed by atoms with Gasteiger partial charge in [0.15, 0.2) is 0 Å². The molecule has 1 fully saturated rings. The lowest BCUT2D eigenvalue weighted by atomic mass is 10.0. The van der Waals surface area contributed by atoms with Crippen LogP contribution in [0.3, 0.4) is 0 Å². The van der Waals surface area contributed by atoms with Crippen molar-refractivity contribution in [3.8, 4) is 0 Å². The van der Waals surface area contributed by atoms with Crippen LogP contribution in [0.5, 0.6) is 0 Å². The van der Waals surface area contributed by atoms with Gasteiger partial charge in [0.05, 0.1) is 0 Å². The summed E-state index contributed by atoms with van der Waals surface area (Å²) in [5, 5.41) is 6.06. The van der Waals surface area contributed by atoms with Gasteiger partial charge in [0.25, 0.3) is 0 Å². The molecule has 0 bridgehead atoms. The molecule has 1 aliphatic heterocycles. The standard InChI is InChI=1S/C11H21N2O2/c1-8-9(6-5-7-12-8)13-10(14)15-11(2,3)4/h8-9,12H,1,5-7H2,2-4H3,(H,13,14). The van der Waals surface area contributed by atoms with E-state index in [0.717, 1.165) is 19.4 Å². The van der Waals surface area contributed by atoms with E-state index in [-0.39, 0.29) is 18.2 Å². The molecular weight excluding hydrogens is 192 g/mol. The maximum Gasteiger partial charge on any atom is 0.407 e. The van der Waals surface area contributed by atoms with Crippen molar-refractivity contribution in [2.24, 2.45) is 0 Å². The minimum atomic E-state index is -0.442. The highest BCUT2D eigenvalue weighted by Gasteiger charge is 2.24. The highest BCUT2D eigenvalue weighted by molar-refractivity contribution is 5.68. The number of piperidine rings is 1. The number of rotatable bonds is 1. The van der Waals surface area contributed by atoms with Crippen LogP contribution in [0.4, 0.5) is 4.79 Å². The van der Waals surface area contributed by atoms with Crippen molar-refractivity contribution in [3.05, 3.63) is 6.92 Å². The topological polar surface area (TPSA) is 50.4 Å². The van der Waals surface area contributed by atoms with Crippen molar-refractivity contribution in [1.29, 1.82) is 0 Å². The van der Waals surface area contributed by atoms with Gasteiger partial charge in [-0.3, -0.25) is 0 Å². The quantitative estimate of drug-likeness (QED) is 0.693. The molecular formula is C11H21N2O2. The molecule has 1 rings (SSSR count). The van der Waals surface area contributed by atoms with Crippen LogP contribution < -0.4 is 10.6 Å². The fourth-order valence-corrected chi connectivity index (χ4v) is 1.58. The first-order valence-corrected chi connectivity index (χ1v) is 5.44. The van der Waals surface area contributed by atoms with E-state index in [1.165, 1.54) is 0 Å². The largest absolute Gasteiger partial charge is 0.444 e. The molecule has 0 saturated carbocycles. The number of hydrogen-bond donors (Lipinski definition) is 2. The number of hydrogen-bond acceptors (Lipinski definition) is 3. The van der Waals surface area contributed by atoms with E-state index in [0.29, 0.717) is 0 Å². The lowest BCUT2D eigenvalue weighted by Gasteiger charge is -2.31. The second-order valence-corrected chi connectivity index (χ2v) is 4.96. The molecule has 2 atom stereocenters. The van der Waals surface area contributed by atoms with Gasteiger partial charge in [0.1, 0.15) is 5.60 Å². The van der Waals surface area contributed by atoms with Crippen molar-refractivity contribution in [1.82, 2.24) is 10.6 Å². The zero-order valence-electron chi connectivity index (χ0n) is 9.80. The maximum absolute atomic E-state index is 11.5. The Balaban J connectivity index is 2.36. The van der Waals surface area contributed by atoms with E-state index in [1.54, 1.807) is 0 Å². The number of ether oxygens (including phenoxy) is 1. The van der Waals surface area contributed by atoms with Gasteiger partial charge in [0.2, 0.25) is 0 Å². The van der Waals surface area contributed by atoms with Gasteiger partial charge >= 0.3 is 6.09 Å². The fraction of sp³-hybridized carbons (Fsp3) is 0.818. The minimum absolute atomic E-state index is 0.0752. The predicted molar refractivity (Wildman–Crippen MR) is 59.5 cm³/mol. The van der Waals surface area contributed by atoms with Crippen LogP contribution >= 0.6 is 0 Å². The third-order valence-electron chi connectivity index (χ3n) is 2.29. The Morgan fingerprint density at radius 3 is 2.73 bits per heavy atom. The summed E-state index contributed by atoms with van der Waals surface area (Å²) in [5.74, 6) is 0. The van der Waals surface area contributed by atoms with E-state index < -0.39 is 5.60 Å². The second kappa shape index (κ2) is 4.84. The molecule has 0 aromatic carbocycles.